The van der Waals surface area contributed by atoms with Crippen LogP contribution < -0.4 is 5.32 Å². The lowest BCUT2D eigenvalue weighted by atomic mass is 10.1. The average molecular weight is 412 g/mol. The first-order valence-electron chi connectivity index (χ1n) is 9.63. The summed E-state index contributed by atoms with van der Waals surface area (Å²) >= 11 is 0. The van der Waals surface area contributed by atoms with Crippen molar-refractivity contribution in [3.63, 3.8) is 0 Å². The molecule has 3 rings (SSSR count). The Morgan fingerprint density at radius 1 is 1.17 bits per heavy atom. The van der Waals surface area contributed by atoms with Gasteiger partial charge in [-0.25, -0.2) is 0 Å². The molecule has 0 spiro atoms. The lowest BCUT2D eigenvalue weighted by molar-refractivity contribution is -0.157. The van der Waals surface area contributed by atoms with E-state index >= 15 is 0 Å². The van der Waals surface area contributed by atoms with Gasteiger partial charge < -0.3 is 15.0 Å². The Kier molecular flexibility index (Phi) is 6.14. The summed E-state index contributed by atoms with van der Waals surface area (Å²) < 4.78 is 42.9. The third-order valence-electron chi connectivity index (χ3n) is 5.40. The zero-order valence-electron chi connectivity index (χ0n) is 16.0. The highest BCUT2D eigenvalue weighted by Crippen LogP contribution is 2.31. The molecule has 1 N–H and O–H groups in total. The third-order valence-corrected chi connectivity index (χ3v) is 5.40. The van der Waals surface area contributed by atoms with Crippen molar-refractivity contribution >= 4 is 23.5 Å². The molecule has 0 radical (unpaired) electrons. The van der Waals surface area contributed by atoms with E-state index in [2.05, 4.69) is 5.32 Å². The van der Waals surface area contributed by atoms with Gasteiger partial charge in [0.15, 0.2) is 6.10 Å². The summed E-state index contributed by atoms with van der Waals surface area (Å²) in [6.07, 6.45) is -1.49. The van der Waals surface area contributed by atoms with Gasteiger partial charge >= 0.3 is 12.1 Å². The minimum atomic E-state index is -4.46. The molecule has 0 unspecified atom stereocenters. The summed E-state index contributed by atoms with van der Waals surface area (Å²) in [5, 5.41) is 2.42. The molecule has 9 heteroatoms. The molecule has 2 fully saturated rings. The SMILES string of the molecule is C[C@@H](OC(=O)[C@H]1CC(=O)N(C2CCCC2)C1)C(=O)Nc1ccc(C(F)(F)F)cc1. The maximum Gasteiger partial charge on any atom is 0.416 e. The molecule has 1 saturated carbocycles. The van der Waals surface area contributed by atoms with Crippen molar-refractivity contribution in [2.75, 3.05) is 11.9 Å². The Balaban J connectivity index is 1.51. The summed E-state index contributed by atoms with van der Waals surface area (Å²) in [6, 6.07) is 4.15. The summed E-state index contributed by atoms with van der Waals surface area (Å²) in [5.41, 5.74) is -0.665. The second-order valence-electron chi connectivity index (χ2n) is 7.53. The fraction of sp³-hybridized carbons (Fsp3) is 0.550. The number of carbonyl (C=O) groups excluding carboxylic acids is 3. The number of amides is 2. The normalized spacial score (nSPS) is 21.3. The first kappa shape index (κ1) is 21.1. The highest BCUT2D eigenvalue weighted by Gasteiger charge is 2.40. The molecular formula is C20H23F3N2O4. The topological polar surface area (TPSA) is 75.7 Å². The smallest absolute Gasteiger partial charge is 0.416 e. The number of hydrogen-bond acceptors (Lipinski definition) is 4. The number of nitrogens with zero attached hydrogens (tertiary/aromatic N) is 1. The van der Waals surface area contributed by atoms with Gasteiger partial charge in [0.25, 0.3) is 5.91 Å². The fourth-order valence-corrected chi connectivity index (χ4v) is 3.77. The molecule has 1 aromatic carbocycles. The maximum absolute atomic E-state index is 12.6. The lowest BCUT2D eigenvalue weighted by Gasteiger charge is -2.24. The highest BCUT2D eigenvalue weighted by atomic mass is 19.4. The molecule has 0 bridgehead atoms. The van der Waals surface area contributed by atoms with Crippen LogP contribution in [0, 0.1) is 5.92 Å². The molecule has 2 aliphatic rings. The summed E-state index contributed by atoms with van der Waals surface area (Å²) in [7, 11) is 0. The Bertz CT molecular complexity index is 773. The zero-order valence-corrected chi connectivity index (χ0v) is 16.0. The average Bonchev–Trinajstić information content (AvgIpc) is 3.30. The Hall–Kier alpha value is -2.58. The van der Waals surface area contributed by atoms with Gasteiger partial charge in [-0.1, -0.05) is 12.8 Å². The minimum Gasteiger partial charge on any atom is -0.452 e. The predicted octanol–water partition coefficient (Wildman–Crippen LogP) is 3.37. The molecule has 29 heavy (non-hydrogen) atoms. The van der Waals surface area contributed by atoms with E-state index in [4.69, 9.17) is 4.74 Å². The van der Waals surface area contributed by atoms with E-state index in [0.717, 1.165) is 49.9 Å². The second kappa shape index (κ2) is 8.42. The van der Waals surface area contributed by atoms with Gasteiger partial charge in [0.2, 0.25) is 5.91 Å². The third kappa shape index (κ3) is 5.07. The quantitative estimate of drug-likeness (QED) is 0.753. The van der Waals surface area contributed by atoms with Gasteiger partial charge in [-0.2, -0.15) is 13.2 Å². The van der Waals surface area contributed by atoms with Crippen molar-refractivity contribution in [3.05, 3.63) is 29.8 Å². The van der Waals surface area contributed by atoms with Crippen molar-refractivity contribution in [3.8, 4) is 0 Å². The van der Waals surface area contributed by atoms with E-state index in [1.165, 1.54) is 6.92 Å². The van der Waals surface area contributed by atoms with E-state index < -0.39 is 35.6 Å². The van der Waals surface area contributed by atoms with E-state index in [0.29, 0.717) is 6.54 Å². The van der Waals surface area contributed by atoms with Crippen LogP contribution in [0.3, 0.4) is 0 Å². The number of rotatable bonds is 5. The molecule has 0 aromatic heterocycles. The van der Waals surface area contributed by atoms with Gasteiger partial charge in [0, 0.05) is 24.7 Å². The van der Waals surface area contributed by atoms with Crippen molar-refractivity contribution < 1.29 is 32.3 Å². The monoisotopic (exact) mass is 412 g/mol. The van der Waals surface area contributed by atoms with E-state index in [1.54, 1.807) is 4.90 Å². The van der Waals surface area contributed by atoms with E-state index in [-0.39, 0.29) is 24.1 Å². The second-order valence-corrected chi connectivity index (χ2v) is 7.53. The van der Waals surface area contributed by atoms with Crippen LogP contribution in [0.25, 0.3) is 0 Å². The molecule has 1 saturated heterocycles. The predicted molar refractivity (Wildman–Crippen MR) is 97.7 cm³/mol. The summed E-state index contributed by atoms with van der Waals surface area (Å²) in [5.74, 6) is -1.95. The molecule has 2 atom stereocenters. The van der Waals surface area contributed by atoms with Crippen LogP contribution >= 0.6 is 0 Å². The number of benzene rings is 1. The number of halogens is 3. The first-order valence-corrected chi connectivity index (χ1v) is 9.63. The number of nitrogens with one attached hydrogen (secondary N) is 1. The first-order chi connectivity index (χ1) is 13.6. The molecule has 1 aromatic rings. The maximum atomic E-state index is 12.6. The molecule has 6 nitrogen and oxygen atoms in total. The Labute approximate surface area is 166 Å². The van der Waals surface area contributed by atoms with Crippen molar-refractivity contribution in [2.45, 2.75) is 57.3 Å². The number of carbonyl (C=O) groups is 3. The number of hydrogen-bond donors (Lipinski definition) is 1. The number of alkyl halides is 3. The van der Waals surface area contributed by atoms with Crippen molar-refractivity contribution in [1.29, 1.82) is 0 Å². The molecule has 158 valence electrons. The van der Waals surface area contributed by atoms with Gasteiger partial charge in [-0.15, -0.1) is 0 Å². The molecule has 1 heterocycles. The standard InChI is InChI=1S/C20H23F3N2O4/c1-12(18(27)24-15-8-6-14(7-9-15)20(21,22)23)29-19(28)13-10-17(26)25(11-13)16-4-2-3-5-16/h6-9,12-13,16H,2-5,10-11H2,1H3,(H,24,27)/t12-,13+/m1/s1. The molecule has 1 aliphatic carbocycles. The summed E-state index contributed by atoms with van der Waals surface area (Å²) in [6.45, 7) is 1.68. The van der Waals surface area contributed by atoms with Crippen LogP contribution in [-0.2, 0) is 25.3 Å². The van der Waals surface area contributed by atoms with Crippen LogP contribution in [0.4, 0.5) is 18.9 Å². The highest BCUT2D eigenvalue weighted by molar-refractivity contribution is 5.95. The molecule has 1 aliphatic heterocycles. The lowest BCUT2D eigenvalue weighted by Crippen LogP contribution is -2.36. The number of esters is 1. The number of likely N-dealkylation sites (tertiary alicyclic amines) is 1. The van der Waals surface area contributed by atoms with Crippen LogP contribution in [0.2, 0.25) is 0 Å². The van der Waals surface area contributed by atoms with Gasteiger partial charge in [-0.3, -0.25) is 14.4 Å². The van der Waals surface area contributed by atoms with Gasteiger partial charge in [0.1, 0.15) is 0 Å². The Morgan fingerprint density at radius 3 is 2.38 bits per heavy atom. The van der Waals surface area contributed by atoms with E-state index in [9.17, 15) is 27.6 Å². The van der Waals surface area contributed by atoms with Crippen LogP contribution in [0.15, 0.2) is 24.3 Å². The van der Waals surface area contributed by atoms with E-state index in [1.807, 2.05) is 0 Å². The number of ether oxygens (including phenoxy) is 1. The zero-order chi connectivity index (χ0) is 21.2. The van der Waals surface area contributed by atoms with Gasteiger partial charge in [-0.05, 0) is 44.0 Å². The van der Waals surface area contributed by atoms with Crippen LogP contribution in [-0.4, -0.2) is 41.4 Å². The van der Waals surface area contributed by atoms with Crippen LogP contribution in [0.5, 0.6) is 0 Å². The Morgan fingerprint density at radius 2 is 1.79 bits per heavy atom. The van der Waals surface area contributed by atoms with Gasteiger partial charge in [0.05, 0.1) is 11.5 Å². The largest absolute Gasteiger partial charge is 0.452 e. The fourth-order valence-electron chi connectivity index (χ4n) is 3.77. The molecule has 2 amide bonds. The molecular weight excluding hydrogens is 389 g/mol. The van der Waals surface area contributed by atoms with Crippen molar-refractivity contribution in [1.82, 2.24) is 4.90 Å². The summed E-state index contributed by atoms with van der Waals surface area (Å²) in [4.78, 5) is 38.5. The number of anilines is 1. The van der Waals surface area contributed by atoms with Crippen molar-refractivity contribution in [2.24, 2.45) is 5.92 Å². The minimum absolute atomic E-state index is 0.0688. The van der Waals surface area contributed by atoms with Crippen LogP contribution in [0.1, 0.15) is 44.6 Å².